The number of carbonyl (C=O) groups is 1. The first-order valence-electron chi connectivity index (χ1n) is 8.66. The molecule has 0 bridgehead atoms. The van der Waals surface area contributed by atoms with Crippen molar-refractivity contribution in [2.45, 2.75) is 32.4 Å². The number of aromatic nitrogens is 2. The number of ether oxygens (including phenoxy) is 1. The first-order valence-corrected chi connectivity index (χ1v) is 9.04. The van der Waals surface area contributed by atoms with Crippen molar-refractivity contribution < 1.29 is 14.1 Å². The van der Waals surface area contributed by atoms with E-state index in [1.165, 1.54) is 0 Å². The van der Waals surface area contributed by atoms with Crippen molar-refractivity contribution >= 4 is 17.5 Å². The minimum Gasteiger partial charge on any atom is -0.480 e. The van der Waals surface area contributed by atoms with Crippen LogP contribution in [0.4, 0.5) is 0 Å². The van der Waals surface area contributed by atoms with Gasteiger partial charge in [-0.15, -0.1) is 0 Å². The lowest BCUT2D eigenvalue weighted by atomic mass is 10.1. The Morgan fingerprint density at radius 2 is 2.11 bits per heavy atom. The molecule has 1 aliphatic rings. The molecule has 2 heterocycles. The van der Waals surface area contributed by atoms with Crippen molar-refractivity contribution in [1.29, 1.82) is 0 Å². The van der Waals surface area contributed by atoms with E-state index >= 15 is 0 Å². The Hall–Kier alpha value is -2.86. The number of fused-ring (bicyclic) bond motifs is 1. The molecule has 6 nitrogen and oxygen atoms in total. The van der Waals surface area contributed by atoms with Gasteiger partial charge in [-0.2, -0.15) is 4.98 Å². The van der Waals surface area contributed by atoms with E-state index in [0.717, 1.165) is 16.7 Å². The number of nitrogens with one attached hydrogen (secondary N) is 1. The van der Waals surface area contributed by atoms with Gasteiger partial charge in [-0.3, -0.25) is 4.79 Å². The van der Waals surface area contributed by atoms with E-state index in [2.05, 4.69) is 15.5 Å². The number of hydrogen-bond donors (Lipinski definition) is 1. The molecule has 27 heavy (non-hydrogen) atoms. The van der Waals surface area contributed by atoms with Crippen molar-refractivity contribution in [3.63, 3.8) is 0 Å². The molecule has 1 amide bonds. The molecule has 0 spiro atoms. The number of hydrogen-bond acceptors (Lipinski definition) is 5. The van der Waals surface area contributed by atoms with Gasteiger partial charge in [-0.05, 0) is 43.2 Å². The van der Waals surface area contributed by atoms with Crippen LogP contribution in [0, 0.1) is 6.92 Å². The highest BCUT2D eigenvalue weighted by molar-refractivity contribution is 6.30. The summed E-state index contributed by atoms with van der Waals surface area (Å²) in [5.74, 6) is 1.31. The van der Waals surface area contributed by atoms with Gasteiger partial charge in [0.1, 0.15) is 11.8 Å². The zero-order valence-electron chi connectivity index (χ0n) is 14.9. The van der Waals surface area contributed by atoms with E-state index in [-0.39, 0.29) is 5.91 Å². The van der Waals surface area contributed by atoms with Crippen LogP contribution in [-0.2, 0) is 11.2 Å². The molecule has 0 fully saturated rings. The summed E-state index contributed by atoms with van der Waals surface area (Å²) in [5.41, 5.74) is 2.88. The molecule has 3 aromatic rings. The Kier molecular flexibility index (Phi) is 4.58. The van der Waals surface area contributed by atoms with Crippen LogP contribution in [0.1, 0.15) is 30.0 Å². The highest BCUT2D eigenvalue weighted by Gasteiger charge is 2.31. The lowest BCUT2D eigenvalue weighted by Gasteiger charge is -2.14. The zero-order chi connectivity index (χ0) is 19.0. The fraction of sp³-hybridized carbons (Fsp3) is 0.250. The molecule has 0 unspecified atom stereocenters. The first-order chi connectivity index (χ1) is 13.0. The summed E-state index contributed by atoms with van der Waals surface area (Å²) in [6.45, 7) is 3.78. The molecule has 0 saturated carbocycles. The van der Waals surface area contributed by atoms with Gasteiger partial charge in [0.25, 0.3) is 5.91 Å². The first kappa shape index (κ1) is 17.5. The Labute approximate surface area is 161 Å². The number of amides is 1. The topological polar surface area (TPSA) is 77.2 Å². The van der Waals surface area contributed by atoms with Crippen molar-refractivity contribution in [3.05, 3.63) is 64.5 Å². The summed E-state index contributed by atoms with van der Waals surface area (Å²) < 4.78 is 11.1. The Morgan fingerprint density at radius 1 is 1.30 bits per heavy atom. The highest BCUT2D eigenvalue weighted by atomic mass is 35.5. The fourth-order valence-electron chi connectivity index (χ4n) is 3.08. The second-order valence-electron chi connectivity index (χ2n) is 6.56. The average Bonchev–Trinajstić information content (AvgIpc) is 3.28. The number of rotatable bonds is 4. The Balaban J connectivity index is 1.43. The number of aryl methyl sites for hydroxylation is 1. The van der Waals surface area contributed by atoms with Crippen LogP contribution in [-0.4, -0.2) is 22.2 Å². The Bertz CT molecular complexity index is 1000. The lowest BCUT2D eigenvalue weighted by Crippen LogP contribution is -2.38. The average molecular weight is 384 g/mol. The number of benzene rings is 2. The molecule has 138 valence electrons. The summed E-state index contributed by atoms with van der Waals surface area (Å²) in [6.07, 6.45) is -0.119. The molecule has 1 aliphatic heterocycles. The van der Waals surface area contributed by atoms with E-state index in [9.17, 15) is 4.79 Å². The summed E-state index contributed by atoms with van der Waals surface area (Å²) in [6, 6.07) is 12.7. The van der Waals surface area contributed by atoms with Gasteiger partial charge >= 0.3 is 0 Å². The van der Waals surface area contributed by atoms with E-state index in [0.29, 0.717) is 28.9 Å². The standard InChI is InChI=1S/C20H18ClN3O3/c1-11-5-3-4-6-15(11)18-23-20(27-24-18)12(2)22-19(25)17-10-13-9-14(21)7-8-16(13)26-17/h3-9,12,17H,10H2,1-2H3,(H,22,25)/t12-,17-/m0/s1. The molecular formula is C20H18ClN3O3. The summed E-state index contributed by atoms with van der Waals surface area (Å²) in [7, 11) is 0. The molecule has 0 radical (unpaired) electrons. The lowest BCUT2D eigenvalue weighted by molar-refractivity contribution is -0.128. The minimum atomic E-state index is -0.598. The smallest absolute Gasteiger partial charge is 0.262 e. The number of halogens is 1. The van der Waals surface area contributed by atoms with Crippen LogP contribution >= 0.6 is 11.6 Å². The van der Waals surface area contributed by atoms with E-state index in [4.69, 9.17) is 20.9 Å². The van der Waals surface area contributed by atoms with Gasteiger partial charge in [-0.25, -0.2) is 0 Å². The summed E-state index contributed by atoms with van der Waals surface area (Å²) >= 11 is 6.00. The maximum atomic E-state index is 12.6. The SMILES string of the molecule is Cc1ccccc1-c1noc([C@H](C)NC(=O)[C@@H]2Cc3cc(Cl)ccc3O2)n1. The molecule has 7 heteroatoms. The van der Waals surface area contributed by atoms with Crippen molar-refractivity contribution in [3.8, 4) is 17.1 Å². The van der Waals surface area contributed by atoms with Crippen LogP contribution in [0.5, 0.6) is 5.75 Å². The molecule has 1 aromatic heterocycles. The third-order valence-corrected chi connectivity index (χ3v) is 4.78. The monoisotopic (exact) mass is 383 g/mol. The van der Waals surface area contributed by atoms with Gasteiger partial charge in [0.15, 0.2) is 6.10 Å². The minimum absolute atomic E-state index is 0.231. The molecule has 2 atom stereocenters. The third kappa shape index (κ3) is 3.53. The predicted molar refractivity (Wildman–Crippen MR) is 101 cm³/mol. The largest absolute Gasteiger partial charge is 0.480 e. The molecule has 2 aromatic carbocycles. The molecule has 1 N–H and O–H groups in total. The molecule has 4 rings (SSSR count). The molecule has 0 saturated heterocycles. The molecule has 0 aliphatic carbocycles. The maximum absolute atomic E-state index is 12.6. The number of nitrogens with zero attached hydrogens (tertiary/aromatic N) is 2. The van der Waals surface area contributed by atoms with Gasteiger partial charge in [0, 0.05) is 17.0 Å². The number of carbonyl (C=O) groups excluding carboxylic acids is 1. The van der Waals surface area contributed by atoms with Crippen molar-refractivity contribution in [2.24, 2.45) is 0 Å². The van der Waals surface area contributed by atoms with Crippen LogP contribution in [0.25, 0.3) is 11.4 Å². The van der Waals surface area contributed by atoms with Gasteiger partial charge < -0.3 is 14.6 Å². The highest BCUT2D eigenvalue weighted by Crippen LogP contribution is 2.31. The maximum Gasteiger partial charge on any atom is 0.262 e. The fourth-order valence-corrected chi connectivity index (χ4v) is 3.27. The zero-order valence-corrected chi connectivity index (χ0v) is 15.7. The van der Waals surface area contributed by atoms with Gasteiger partial charge in [0.2, 0.25) is 11.7 Å². The predicted octanol–water partition coefficient (Wildman–Crippen LogP) is 3.88. The van der Waals surface area contributed by atoms with E-state index < -0.39 is 12.1 Å². The van der Waals surface area contributed by atoms with Crippen LogP contribution in [0.2, 0.25) is 5.02 Å². The Morgan fingerprint density at radius 3 is 2.93 bits per heavy atom. The van der Waals surface area contributed by atoms with Crippen LogP contribution in [0.15, 0.2) is 47.0 Å². The molecular weight excluding hydrogens is 366 g/mol. The third-order valence-electron chi connectivity index (χ3n) is 4.55. The second-order valence-corrected chi connectivity index (χ2v) is 7.00. The van der Waals surface area contributed by atoms with Gasteiger partial charge in [0.05, 0.1) is 0 Å². The van der Waals surface area contributed by atoms with Gasteiger partial charge in [-0.1, -0.05) is 41.0 Å². The van der Waals surface area contributed by atoms with Crippen molar-refractivity contribution in [1.82, 2.24) is 15.5 Å². The quantitative estimate of drug-likeness (QED) is 0.739. The summed E-state index contributed by atoms with van der Waals surface area (Å²) in [5, 5.41) is 7.53. The van der Waals surface area contributed by atoms with E-state index in [1.54, 1.807) is 19.1 Å². The summed E-state index contributed by atoms with van der Waals surface area (Å²) in [4.78, 5) is 17.0. The normalized spacial score (nSPS) is 16.5. The van der Waals surface area contributed by atoms with Crippen LogP contribution < -0.4 is 10.1 Å². The van der Waals surface area contributed by atoms with Crippen molar-refractivity contribution in [2.75, 3.05) is 0 Å². The second kappa shape index (κ2) is 7.04. The van der Waals surface area contributed by atoms with E-state index in [1.807, 2.05) is 37.3 Å². The van der Waals surface area contributed by atoms with Crippen LogP contribution in [0.3, 0.4) is 0 Å².